The first kappa shape index (κ1) is 25.3. The van der Waals surface area contributed by atoms with Gasteiger partial charge in [0.1, 0.15) is 0 Å². The van der Waals surface area contributed by atoms with E-state index in [1.165, 1.54) is 48.1 Å². The van der Waals surface area contributed by atoms with Gasteiger partial charge >= 0.3 is 0 Å². The van der Waals surface area contributed by atoms with E-state index in [-0.39, 0.29) is 11.8 Å². The third-order valence-corrected chi connectivity index (χ3v) is 8.30. The molecular formula is C38H29I. The van der Waals surface area contributed by atoms with E-state index in [1.807, 2.05) is 0 Å². The normalized spacial score (nSPS) is 11.2. The summed E-state index contributed by atoms with van der Waals surface area (Å²) in [6.07, 6.45) is 0. The maximum atomic E-state index is 2.47. The fourth-order valence-corrected chi connectivity index (χ4v) is 6.30. The number of halogens is 1. The number of rotatable bonds is 7. The van der Waals surface area contributed by atoms with E-state index in [2.05, 4.69) is 186 Å². The van der Waals surface area contributed by atoms with Crippen LogP contribution in [0.4, 0.5) is 0 Å². The van der Waals surface area contributed by atoms with E-state index < -0.39 is 0 Å². The van der Waals surface area contributed by atoms with Crippen molar-refractivity contribution in [1.29, 1.82) is 0 Å². The molecule has 0 aliphatic heterocycles. The molecule has 0 radical (unpaired) electrons. The van der Waals surface area contributed by atoms with Crippen LogP contribution in [0.5, 0.6) is 0 Å². The molecule has 0 nitrogen and oxygen atoms in total. The molecular weight excluding hydrogens is 583 g/mol. The van der Waals surface area contributed by atoms with Gasteiger partial charge in [-0.15, -0.1) is 0 Å². The van der Waals surface area contributed by atoms with Crippen molar-refractivity contribution in [1.82, 2.24) is 0 Å². The van der Waals surface area contributed by atoms with Gasteiger partial charge in [0.2, 0.25) is 0 Å². The fourth-order valence-electron chi connectivity index (χ4n) is 5.60. The monoisotopic (exact) mass is 612 g/mol. The highest BCUT2D eigenvalue weighted by atomic mass is 127. The molecule has 0 atom stereocenters. The Labute approximate surface area is 245 Å². The van der Waals surface area contributed by atoms with E-state index in [9.17, 15) is 0 Å². The minimum atomic E-state index is 0.125. The van der Waals surface area contributed by atoms with E-state index in [0.717, 1.165) is 0 Å². The lowest BCUT2D eigenvalue weighted by Gasteiger charge is -2.25. The summed E-state index contributed by atoms with van der Waals surface area (Å²) in [5.74, 6) is 0.249. The Kier molecular flexibility index (Phi) is 7.69. The molecule has 188 valence electrons. The van der Waals surface area contributed by atoms with E-state index in [1.54, 1.807) is 0 Å². The molecule has 0 aromatic heterocycles. The zero-order chi connectivity index (χ0) is 26.4. The zero-order valence-electron chi connectivity index (χ0n) is 21.6. The average Bonchev–Trinajstić information content (AvgIpc) is 3.00. The van der Waals surface area contributed by atoms with Crippen molar-refractivity contribution in [2.24, 2.45) is 0 Å². The lowest BCUT2D eigenvalue weighted by molar-refractivity contribution is 0.940. The van der Waals surface area contributed by atoms with Crippen molar-refractivity contribution >= 4 is 22.6 Å². The lowest BCUT2D eigenvalue weighted by Crippen LogP contribution is -2.08. The maximum Gasteiger partial charge on any atom is 0.0340 e. The van der Waals surface area contributed by atoms with Gasteiger partial charge in [0.25, 0.3) is 0 Å². The molecule has 0 saturated heterocycles. The van der Waals surface area contributed by atoms with Gasteiger partial charge in [0.05, 0.1) is 0 Å². The molecule has 0 aliphatic carbocycles. The average molecular weight is 613 g/mol. The minimum absolute atomic E-state index is 0.125. The van der Waals surface area contributed by atoms with Crippen LogP contribution in [0.25, 0.3) is 11.1 Å². The summed E-state index contributed by atoms with van der Waals surface area (Å²) >= 11 is 2.47. The summed E-state index contributed by atoms with van der Waals surface area (Å²) in [6.45, 7) is 0. The number of hydrogen-bond acceptors (Lipinski definition) is 0. The maximum absolute atomic E-state index is 2.47. The highest BCUT2D eigenvalue weighted by molar-refractivity contribution is 14.1. The van der Waals surface area contributed by atoms with Gasteiger partial charge in [-0.3, -0.25) is 0 Å². The molecule has 0 aliphatic rings. The van der Waals surface area contributed by atoms with Crippen LogP contribution in [0.3, 0.4) is 0 Å². The molecule has 0 amide bonds. The molecule has 0 bridgehead atoms. The van der Waals surface area contributed by atoms with E-state index in [4.69, 9.17) is 0 Å². The van der Waals surface area contributed by atoms with Crippen molar-refractivity contribution in [2.75, 3.05) is 0 Å². The zero-order valence-corrected chi connectivity index (χ0v) is 23.8. The summed E-state index contributed by atoms with van der Waals surface area (Å²) < 4.78 is 1.25. The molecule has 0 N–H and O–H groups in total. The van der Waals surface area contributed by atoms with Gasteiger partial charge in [-0.25, -0.2) is 0 Å². The first-order chi connectivity index (χ1) is 19.3. The highest BCUT2D eigenvalue weighted by Crippen LogP contribution is 2.40. The molecule has 39 heavy (non-hydrogen) atoms. The van der Waals surface area contributed by atoms with E-state index >= 15 is 0 Å². The SMILES string of the molecule is Ic1ccccc1-c1cc(C(c2ccccc2)c2ccccc2)cc(C(c2ccccc2)c2ccccc2)c1. The van der Waals surface area contributed by atoms with Crippen LogP contribution in [0, 0.1) is 3.57 Å². The minimum Gasteiger partial charge on any atom is -0.0622 e. The second-order valence-corrected chi connectivity index (χ2v) is 11.0. The standard InChI is InChI=1S/C38H29I/c39-36-24-14-13-23-35(36)32-25-33(37(28-15-5-1-6-16-28)29-17-7-2-8-18-29)27-34(26-32)38(30-19-9-3-10-20-30)31-21-11-4-12-22-31/h1-27,37-38H. The van der Waals surface area contributed by atoms with Gasteiger partial charge in [-0.05, 0) is 73.2 Å². The van der Waals surface area contributed by atoms with Crippen LogP contribution in [0.1, 0.15) is 45.2 Å². The predicted molar refractivity (Wildman–Crippen MR) is 172 cm³/mol. The Morgan fingerprint density at radius 1 is 0.333 bits per heavy atom. The summed E-state index contributed by atoms with van der Waals surface area (Å²) in [5.41, 5.74) is 10.3. The first-order valence-electron chi connectivity index (χ1n) is 13.4. The van der Waals surface area contributed by atoms with Gasteiger partial charge in [-0.2, -0.15) is 0 Å². The van der Waals surface area contributed by atoms with Crippen LogP contribution in [-0.4, -0.2) is 0 Å². The molecule has 6 rings (SSSR count). The Balaban J connectivity index is 1.63. The summed E-state index contributed by atoms with van der Waals surface area (Å²) in [5, 5.41) is 0. The Bertz CT molecular complexity index is 1460. The molecule has 6 aromatic carbocycles. The Hall–Kier alpha value is -3.95. The van der Waals surface area contributed by atoms with Gasteiger partial charge < -0.3 is 0 Å². The topological polar surface area (TPSA) is 0 Å². The predicted octanol–water partition coefficient (Wildman–Crippen LogP) is 10.3. The smallest absolute Gasteiger partial charge is 0.0340 e. The van der Waals surface area contributed by atoms with Crippen LogP contribution < -0.4 is 0 Å². The highest BCUT2D eigenvalue weighted by Gasteiger charge is 2.23. The molecule has 0 heterocycles. The molecule has 1 heteroatoms. The van der Waals surface area contributed by atoms with Gasteiger partial charge in [0.15, 0.2) is 0 Å². The van der Waals surface area contributed by atoms with Crippen molar-refractivity contribution in [3.05, 3.63) is 201 Å². The third-order valence-electron chi connectivity index (χ3n) is 7.36. The van der Waals surface area contributed by atoms with Crippen LogP contribution >= 0.6 is 22.6 Å². The molecule has 0 spiro atoms. The largest absolute Gasteiger partial charge is 0.0622 e. The van der Waals surface area contributed by atoms with Crippen LogP contribution in [0.15, 0.2) is 164 Å². The van der Waals surface area contributed by atoms with Crippen LogP contribution in [-0.2, 0) is 0 Å². The third kappa shape index (κ3) is 5.60. The lowest BCUT2D eigenvalue weighted by atomic mass is 9.79. The van der Waals surface area contributed by atoms with Gasteiger partial charge in [-0.1, -0.05) is 158 Å². The van der Waals surface area contributed by atoms with E-state index in [0.29, 0.717) is 0 Å². The summed E-state index contributed by atoms with van der Waals surface area (Å²) in [6, 6.07) is 59.5. The summed E-state index contributed by atoms with van der Waals surface area (Å²) in [7, 11) is 0. The fraction of sp³-hybridized carbons (Fsp3) is 0.0526. The summed E-state index contributed by atoms with van der Waals surface area (Å²) in [4.78, 5) is 0. The van der Waals surface area contributed by atoms with Crippen molar-refractivity contribution in [3.63, 3.8) is 0 Å². The second-order valence-electron chi connectivity index (χ2n) is 9.88. The quantitative estimate of drug-likeness (QED) is 0.124. The van der Waals surface area contributed by atoms with Crippen molar-refractivity contribution < 1.29 is 0 Å². The van der Waals surface area contributed by atoms with Crippen molar-refractivity contribution in [2.45, 2.75) is 11.8 Å². The molecule has 0 saturated carbocycles. The van der Waals surface area contributed by atoms with Crippen molar-refractivity contribution in [3.8, 4) is 11.1 Å². The Morgan fingerprint density at radius 2 is 0.667 bits per heavy atom. The Morgan fingerprint density at radius 3 is 1.03 bits per heavy atom. The molecule has 6 aromatic rings. The number of benzene rings is 6. The second kappa shape index (κ2) is 11.8. The molecule has 0 fully saturated rings. The number of hydrogen-bond donors (Lipinski definition) is 0. The molecule has 0 unspecified atom stereocenters. The van der Waals surface area contributed by atoms with Crippen LogP contribution in [0.2, 0.25) is 0 Å². The first-order valence-corrected chi connectivity index (χ1v) is 14.5. The van der Waals surface area contributed by atoms with Gasteiger partial charge in [0, 0.05) is 15.4 Å².